The lowest BCUT2D eigenvalue weighted by Gasteiger charge is -2.20. The minimum atomic E-state index is -3.79. The van der Waals surface area contributed by atoms with Crippen LogP contribution in [0.15, 0.2) is 17.2 Å². The van der Waals surface area contributed by atoms with Gasteiger partial charge in [-0.25, -0.2) is 13.4 Å². The Kier molecular flexibility index (Phi) is 5.00. The van der Waals surface area contributed by atoms with Crippen molar-refractivity contribution in [3.63, 3.8) is 0 Å². The van der Waals surface area contributed by atoms with Crippen molar-refractivity contribution < 1.29 is 13.2 Å². The molecule has 0 aliphatic heterocycles. The lowest BCUT2D eigenvalue weighted by atomic mass is 10.3. The normalized spacial score (nSPS) is 12.0. The molecule has 23 heavy (non-hydrogen) atoms. The summed E-state index contributed by atoms with van der Waals surface area (Å²) in [6.45, 7) is 3.71. The Morgan fingerprint density at radius 3 is 2.74 bits per heavy atom. The lowest BCUT2D eigenvalue weighted by molar-refractivity contribution is -0.120. The maximum atomic E-state index is 12.8. The molecule has 126 valence electrons. The first kappa shape index (κ1) is 17.4. The molecule has 0 bridgehead atoms. The minimum Gasteiger partial charge on any atom is -0.358 e. The molecule has 9 heteroatoms. The van der Waals surface area contributed by atoms with Gasteiger partial charge in [-0.2, -0.15) is 9.40 Å². The van der Waals surface area contributed by atoms with E-state index in [2.05, 4.69) is 15.4 Å². The molecule has 1 amide bonds. The first-order valence-corrected chi connectivity index (χ1v) is 8.75. The molecule has 0 unspecified atom stereocenters. The fourth-order valence-electron chi connectivity index (χ4n) is 2.35. The summed E-state index contributed by atoms with van der Waals surface area (Å²) in [6, 6.07) is 1.56. The molecule has 1 N–H and O–H groups in total. The van der Waals surface area contributed by atoms with Crippen LogP contribution in [0.4, 0.5) is 0 Å². The van der Waals surface area contributed by atoms with Crippen molar-refractivity contribution in [1.29, 1.82) is 0 Å². The largest absolute Gasteiger partial charge is 0.358 e. The third-order valence-corrected chi connectivity index (χ3v) is 5.36. The number of hydrogen-bond donors (Lipinski definition) is 1. The van der Waals surface area contributed by atoms with Crippen LogP contribution in [0.5, 0.6) is 0 Å². The Labute approximate surface area is 135 Å². The van der Waals surface area contributed by atoms with Crippen LogP contribution >= 0.6 is 0 Å². The number of sulfonamides is 1. The Balaban J connectivity index is 2.47. The van der Waals surface area contributed by atoms with Crippen molar-refractivity contribution in [2.75, 3.05) is 20.1 Å². The molecular formula is C14H21N5O3S. The number of nitrogens with one attached hydrogen (secondary N) is 1. The molecule has 2 aromatic heterocycles. The number of amides is 1. The van der Waals surface area contributed by atoms with E-state index in [0.717, 1.165) is 0 Å². The predicted molar refractivity (Wildman–Crippen MR) is 86.4 cm³/mol. The monoisotopic (exact) mass is 339 g/mol. The summed E-state index contributed by atoms with van der Waals surface area (Å²) in [5, 5.41) is 7.37. The fraction of sp³-hybridized carbons (Fsp3) is 0.500. The van der Waals surface area contributed by atoms with Crippen molar-refractivity contribution in [3.05, 3.63) is 18.0 Å². The average Bonchev–Trinajstić information content (AvgIpc) is 2.81. The number of rotatable bonds is 6. The van der Waals surface area contributed by atoms with Gasteiger partial charge in [0.05, 0.1) is 12.2 Å². The van der Waals surface area contributed by atoms with Gasteiger partial charge in [0.2, 0.25) is 15.9 Å². The van der Waals surface area contributed by atoms with Crippen LogP contribution in [0.2, 0.25) is 0 Å². The van der Waals surface area contributed by atoms with Gasteiger partial charge >= 0.3 is 0 Å². The molecule has 2 aromatic rings. The summed E-state index contributed by atoms with van der Waals surface area (Å²) in [5.41, 5.74) is 1.33. The maximum absolute atomic E-state index is 12.8. The molecule has 2 rings (SSSR count). The van der Waals surface area contributed by atoms with E-state index in [0.29, 0.717) is 23.1 Å². The average molecular weight is 339 g/mol. The van der Waals surface area contributed by atoms with E-state index < -0.39 is 10.0 Å². The Bertz CT molecular complexity index is 828. The number of carbonyl (C=O) groups excluding carboxylic acids is 1. The summed E-state index contributed by atoms with van der Waals surface area (Å²) in [4.78, 5) is 15.9. The Morgan fingerprint density at radius 2 is 2.13 bits per heavy atom. The number of nitrogens with zero attached hydrogens (tertiary/aromatic N) is 4. The number of aryl methyl sites for hydroxylation is 2. The highest BCUT2D eigenvalue weighted by Gasteiger charge is 2.27. The third kappa shape index (κ3) is 3.35. The van der Waals surface area contributed by atoms with Gasteiger partial charge in [0, 0.05) is 32.2 Å². The molecule has 0 aromatic carbocycles. The van der Waals surface area contributed by atoms with E-state index in [-0.39, 0.29) is 23.9 Å². The highest BCUT2D eigenvalue weighted by Crippen LogP contribution is 2.22. The highest BCUT2D eigenvalue weighted by molar-refractivity contribution is 7.89. The molecular weight excluding hydrogens is 318 g/mol. The molecule has 0 spiro atoms. The summed E-state index contributed by atoms with van der Waals surface area (Å²) >= 11 is 0. The number of aromatic nitrogens is 3. The maximum Gasteiger partial charge on any atom is 0.245 e. The zero-order valence-corrected chi connectivity index (χ0v) is 14.5. The summed E-state index contributed by atoms with van der Waals surface area (Å²) in [5.74, 6) is -0.353. The second-order valence-electron chi connectivity index (χ2n) is 5.26. The fourth-order valence-corrected chi connectivity index (χ4v) is 3.81. The topological polar surface area (TPSA) is 97.2 Å². The van der Waals surface area contributed by atoms with Gasteiger partial charge in [-0.3, -0.25) is 9.48 Å². The zero-order chi connectivity index (χ0) is 17.2. The molecule has 8 nitrogen and oxygen atoms in total. The quantitative estimate of drug-likeness (QED) is 0.823. The van der Waals surface area contributed by atoms with Gasteiger partial charge in [0.25, 0.3) is 0 Å². The number of likely N-dealkylation sites (N-methyl/N-ethyl adjacent to an activating group) is 1. The summed E-state index contributed by atoms with van der Waals surface area (Å²) in [7, 11) is -0.561. The summed E-state index contributed by atoms with van der Waals surface area (Å²) < 4.78 is 28.4. The molecule has 0 atom stereocenters. The van der Waals surface area contributed by atoms with E-state index in [4.69, 9.17) is 0 Å². The third-order valence-electron chi connectivity index (χ3n) is 3.55. The van der Waals surface area contributed by atoms with Crippen LogP contribution in [-0.4, -0.2) is 53.5 Å². The highest BCUT2D eigenvalue weighted by atomic mass is 32.2. The van der Waals surface area contributed by atoms with E-state index in [9.17, 15) is 13.2 Å². The van der Waals surface area contributed by atoms with Crippen molar-refractivity contribution in [3.8, 4) is 0 Å². The van der Waals surface area contributed by atoms with Gasteiger partial charge < -0.3 is 5.32 Å². The molecule has 0 saturated carbocycles. The molecule has 0 fully saturated rings. The lowest BCUT2D eigenvalue weighted by Crippen LogP contribution is -2.40. The molecule has 0 aliphatic carbocycles. The van der Waals surface area contributed by atoms with Crippen molar-refractivity contribution in [2.45, 2.75) is 25.2 Å². The van der Waals surface area contributed by atoms with Gasteiger partial charge in [-0.15, -0.1) is 0 Å². The zero-order valence-electron chi connectivity index (χ0n) is 13.7. The van der Waals surface area contributed by atoms with Crippen LogP contribution in [0.1, 0.15) is 19.0 Å². The standard InChI is InChI=1S/C14H21N5O3S/c1-5-6-19(9-13(20)15-3)23(21,22)11-7-12-10(2)17-18(4)14(12)16-8-11/h7-8H,5-6,9H2,1-4H3,(H,15,20). The first-order chi connectivity index (χ1) is 10.8. The number of fused-ring (bicyclic) bond motifs is 1. The predicted octanol–water partition coefficient (Wildman–Crippen LogP) is 0.423. The summed E-state index contributed by atoms with van der Waals surface area (Å²) in [6.07, 6.45) is 1.92. The number of pyridine rings is 1. The van der Waals surface area contributed by atoms with Crippen LogP contribution < -0.4 is 5.32 Å². The number of hydrogen-bond acceptors (Lipinski definition) is 5. The minimum absolute atomic E-state index is 0.0680. The Morgan fingerprint density at radius 1 is 1.43 bits per heavy atom. The van der Waals surface area contributed by atoms with Crippen molar-refractivity contribution >= 4 is 27.0 Å². The SMILES string of the molecule is CCCN(CC(=O)NC)S(=O)(=O)c1cnc2c(c1)c(C)nn2C. The van der Waals surface area contributed by atoms with E-state index in [1.165, 1.54) is 17.5 Å². The van der Waals surface area contributed by atoms with Crippen LogP contribution in [0, 0.1) is 6.92 Å². The second-order valence-corrected chi connectivity index (χ2v) is 7.20. The molecule has 0 aliphatic rings. The first-order valence-electron chi connectivity index (χ1n) is 7.31. The Hall–Kier alpha value is -2.00. The van der Waals surface area contributed by atoms with Gasteiger partial charge in [0.1, 0.15) is 4.90 Å². The van der Waals surface area contributed by atoms with E-state index in [1.807, 2.05) is 6.92 Å². The van der Waals surface area contributed by atoms with Crippen LogP contribution in [0.25, 0.3) is 11.0 Å². The smallest absolute Gasteiger partial charge is 0.245 e. The van der Waals surface area contributed by atoms with Crippen LogP contribution in [-0.2, 0) is 21.9 Å². The second kappa shape index (κ2) is 6.63. The van der Waals surface area contributed by atoms with Gasteiger partial charge in [-0.05, 0) is 19.4 Å². The molecule has 2 heterocycles. The van der Waals surface area contributed by atoms with Crippen LogP contribution in [0.3, 0.4) is 0 Å². The van der Waals surface area contributed by atoms with E-state index >= 15 is 0 Å². The molecule has 0 saturated heterocycles. The van der Waals surface area contributed by atoms with Crippen molar-refractivity contribution in [1.82, 2.24) is 24.4 Å². The van der Waals surface area contributed by atoms with E-state index in [1.54, 1.807) is 24.7 Å². The van der Waals surface area contributed by atoms with Crippen molar-refractivity contribution in [2.24, 2.45) is 7.05 Å². The molecule has 0 radical (unpaired) electrons. The van der Waals surface area contributed by atoms with Gasteiger partial charge in [-0.1, -0.05) is 6.92 Å². The van der Waals surface area contributed by atoms with Gasteiger partial charge in [0.15, 0.2) is 5.65 Å². The number of carbonyl (C=O) groups is 1.